The third-order valence-electron chi connectivity index (χ3n) is 2.53. The maximum Gasteiger partial charge on any atom is 0.307 e. The largest absolute Gasteiger partial charge is 0.481 e. The second-order valence-corrected chi connectivity index (χ2v) is 4.08. The molecule has 5 heteroatoms. The quantitative estimate of drug-likeness (QED) is 0.705. The molecule has 104 valence electrons. The van der Waals surface area contributed by atoms with Crippen molar-refractivity contribution in [2.24, 2.45) is 0 Å². The first-order chi connectivity index (χ1) is 9.13. The van der Waals surface area contributed by atoms with Gasteiger partial charge in [-0.2, -0.15) is 0 Å². The van der Waals surface area contributed by atoms with Gasteiger partial charge in [-0.15, -0.1) is 0 Å². The number of nitrogens with one attached hydrogen (secondary N) is 1. The van der Waals surface area contributed by atoms with Crippen LogP contribution in [0.1, 0.15) is 25.3 Å². The highest BCUT2D eigenvalue weighted by Gasteiger charge is 2.09. The number of hydrogen-bond acceptors (Lipinski definition) is 3. The van der Waals surface area contributed by atoms with E-state index in [0.717, 1.165) is 0 Å². The molecule has 0 unspecified atom stereocenters. The predicted octanol–water partition coefficient (Wildman–Crippen LogP) is 2.07. The summed E-state index contributed by atoms with van der Waals surface area (Å²) < 4.78 is 5.15. The van der Waals surface area contributed by atoms with Crippen molar-refractivity contribution in [3.63, 3.8) is 0 Å². The number of aliphatic carboxylic acids is 1. The van der Waals surface area contributed by atoms with E-state index in [0.29, 0.717) is 37.3 Å². The van der Waals surface area contributed by atoms with Gasteiger partial charge in [0, 0.05) is 25.3 Å². The molecule has 1 amide bonds. The molecular formula is C14H19NO4. The Bertz CT molecular complexity index is 431. The van der Waals surface area contributed by atoms with E-state index in [2.05, 4.69) is 5.32 Å². The zero-order chi connectivity index (χ0) is 14.1. The first kappa shape index (κ1) is 15.2. The number of rotatable bonds is 8. The van der Waals surface area contributed by atoms with E-state index in [4.69, 9.17) is 9.84 Å². The molecule has 0 aliphatic heterocycles. The number of carboxylic acids is 1. The van der Waals surface area contributed by atoms with Crippen LogP contribution in [0.5, 0.6) is 0 Å². The lowest BCUT2D eigenvalue weighted by molar-refractivity contribution is -0.136. The van der Waals surface area contributed by atoms with Crippen LogP contribution in [0.4, 0.5) is 5.69 Å². The Balaban J connectivity index is 2.51. The first-order valence-electron chi connectivity index (χ1n) is 6.30. The number of ether oxygens (including phenoxy) is 1. The summed E-state index contributed by atoms with van der Waals surface area (Å²) in [7, 11) is 0. The molecule has 1 aromatic carbocycles. The molecule has 5 nitrogen and oxygen atoms in total. The lowest BCUT2D eigenvalue weighted by Gasteiger charge is -2.09. The van der Waals surface area contributed by atoms with Crippen molar-refractivity contribution in [2.75, 3.05) is 18.5 Å². The number of carbonyl (C=O) groups is 2. The Morgan fingerprint density at radius 1 is 1.32 bits per heavy atom. The predicted molar refractivity (Wildman–Crippen MR) is 72.1 cm³/mol. The van der Waals surface area contributed by atoms with Gasteiger partial charge in [-0.25, -0.2) is 0 Å². The van der Waals surface area contributed by atoms with Gasteiger partial charge in [-0.3, -0.25) is 9.59 Å². The second kappa shape index (κ2) is 8.26. The molecule has 0 aliphatic carbocycles. The van der Waals surface area contributed by atoms with Gasteiger partial charge in [0.25, 0.3) is 0 Å². The van der Waals surface area contributed by atoms with Crippen molar-refractivity contribution in [3.05, 3.63) is 29.8 Å². The normalized spacial score (nSPS) is 10.2. The van der Waals surface area contributed by atoms with E-state index in [1.54, 1.807) is 24.3 Å². The van der Waals surface area contributed by atoms with Gasteiger partial charge in [0.1, 0.15) is 0 Å². The molecule has 2 N–H and O–H groups in total. The lowest BCUT2D eigenvalue weighted by Crippen LogP contribution is -2.14. The van der Waals surface area contributed by atoms with E-state index in [-0.39, 0.29) is 12.3 Å². The van der Waals surface area contributed by atoms with Crippen molar-refractivity contribution in [1.29, 1.82) is 0 Å². The molecule has 0 atom stereocenters. The van der Waals surface area contributed by atoms with E-state index in [9.17, 15) is 9.59 Å². The molecular weight excluding hydrogens is 246 g/mol. The number of benzene rings is 1. The van der Waals surface area contributed by atoms with E-state index >= 15 is 0 Å². The number of carboxylic acid groups (broad SMARTS) is 1. The van der Waals surface area contributed by atoms with Crippen LogP contribution in [-0.4, -0.2) is 30.2 Å². The lowest BCUT2D eigenvalue weighted by atomic mass is 10.1. The molecule has 0 heterocycles. The number of anilines is 1. The second-order valence-electron chi connectivity index (χ2n) is 4.08. The molecule has 0 fully saturated rings. The third-order valence-corrected chi connectivity index (χ3v) is 2.53. The highest BCUT2D eigenvalue weighted by atomic mass is 16.5. The summed E-state index contributed by atoms with van der Waals surface area (Å²) in [6.07, 6.45) is 0.914. The van der Waals surface area contributed by atoms with Gasteiger partial charge in [-0.05, 0) is 25.0 Å². The molecule has 0 saturated carbocycles. The fraction of sp³-hybridized carbons (Fsp3) is 0.429. The highest BCUT2D eigenvalue weighted by Crippen LogP contribution is 2.16. The molecule has 1 rings (SSSR count). The molecule has 1 aromatic rings. The van der Waals surface area contributed by atoms with Crippen LogP contribution < -0.4 is 5.32 Å². The fourth-order valence-corrected chi connectivity index (χ4v) is 1.65. The van der Waals surface area contributed by atoms with Crippen molar-refractivity contribution in [3.8, 4) is 0 Å². The summed E-state index contributed by atoms with van der Waals surface area (Å²) in [6, 6.07) is 6.92. The van der Waals surface area contributed by atoms with Crippen molar-refractivity contribution in [1.82, 2.24) is 0 Å². The zero-order valence-corrected chi connectivity index (χ0v) is 11.0. The third kappa shape index (κ3) is 6.01. The van der Waals surface area contributed by atoms with E-state index in [1.165, 1.54) is 0 Å². The van der Waals surface area contributed by atoms with Gasteiger partial charge in [0.2, 0.25) is 5.91 Å². The number of amides is 1. The van der Waals surface area contributed by atoms with Crippen LogP contribution in [0.25, 0.3) is 0 Å². The van der Waals surface area contributed by atoms with Gasteiger partial charge < -0.3 is 15.2 Å². The van der Waals surface area contributed by atoms with Crippen LogP contribution in [0.15, 0.2) is 24.3 Å². The average molecular weight is 265 g/mol. The number of hydrogen-bond donors (Lipinski definition) is 2. The van der Waals surface area contributed by atoms with Crippen LogP contribution in [0, 0.1) is 0 Å². The van der Waals surface area contributed by atoms with Gasteiger partial charge >= 0.3 is 5.97 Å². The minimum Gasteiger partial charge on any atom is -0.481 e. The molecule has 0 spiro atoms. The molecule has 0 radical (unpaired) electrons. The number of carbonyl (C=O) groups excluding carboxylic acids is 1. The minimum absolute atomic E-state index is 0.102. The zero-order valence-electron chi connectivity index (χ0n) is 11.0. The van der Waals surface area contributed by atoms with Crippen LogP contribution in [-0.2, 0) is 20.7 Å². The first-order valence-corrected chi connectivity index (χ1v) is 6.30. The maximum atomic E-state index is 11.7. The Morgan fingerprint density at radius 2 is 2.05 bits per heavy atom. The molecule has 0 aliphatic rings. The molecule has 0 saturated heterocycles. The number of para-hydroxylation sites is 1. The highest BCUT2D eigenvalue weighted by molar-refractivity contribution is 5.92. The van der Waals surface area contributed by atoms with E-state index in [1.807, 2.05) is 6.92 Å². The van der Waals surface area contributed by atoms with Crippen LogP contribution in [0.2, 0.25) is 0 Å². The maximum absolute atomic E-state index is 11.7. The summed E-state index contributed by atoms with van der Waals surface area (Å²) in [5.74, 6) is -1.05. The Morgan fingerprint density at radius 3 is 2.74 bits per heavy atom. The van der Waals surface area contributed by atoms with Gasteiger partial charge in [-0.1, -0.05) is 18.2 Å². The monoisotopic (exact) mass is 265 g/mol. The average Bonchev–Trinajstić information content (AvgIpc) is 2.36. The molecule has 0 aromatic heterocycles. The Hall–Kier alpha value is -1.88. The molecule has 0 bridgehead atoms. The summed E-state index contributed by atoms with van der Waals surface area (Å²) in [6.45, 7) is 3.10. The van der Waals surface area contributed by atoms with Crippen LogP contribution >= 0.6 is 0 Å². The van der Waals surface area contributed by atoms with Crippen molar-refractivity contribution in [2.45, 2.75) is 26.2 Å². The Kier molecular flexibility index (Phi) is 6.60. The smallest absolute Gasteiger partial charge is 0.307 e. The minimum atomic E-state index is -0.918. The van der Waals surface area contributed by atoms with Crippen LogP contribution in [0.3, 0.4) is 0 Å². The van der Waals surface area contributed by atoms with E-state index < -0.39 is 5.97 Å². The standard InChI is InChI=1S/C14H19NO4/c1-2-19-9-5-8-13(16)15-12-7-4-3-6-11(12)10-14(17)18/h3-4,6-7H,2,5,8-10H2,1H3,(H,15,16)(H,17,18). The fourth-order valence-electron chi connectivity index (χ4n) is 1.65. The van der Waals surface area contributed by atoms with Crippen molar-refractivity contribution >= 4 is 17.6 Å². The van der Waals surface area contributed by atoms with Gasteiger partial charge in [0.05, 0.1) is 6.42 Å². The summed E-state index contributed by atoms with van der Waals surface area (Å²) in [5.41, 5.74) is 1.17. The molecule has 19 heavy (non-hydrogen) atoms. The summed E-state index contributed by atoms with van der Waals surface area (Å²) in [4.78, 5) is 22.4. The summed E-state index contributed by atoms with van der Waals surface area (Å²) in [5, 5.41) is 11.5. The Labute approximate surface area is 112 Å². The van der Waals surface area contributed by atoms with Crippen molar-refractivity contribution < 1.29 is 19.4 Å². The topological polar surface area (TPSA) is 75.6 Å². The summed E-state index contributed by atoms with van der Waals surface area (Å²) >= 11 is 0. The SMILES string of the molecule is CCOCCCC(=O)Nc1ccccc1CC(=O)O. The van der Waals surface area contributed by atoms with Gasteiger partial charge in [0.15, 0.2) is 0 Å².